The standard InChI is InChI=1S/C34H52O14/c1-21-17-15-13-11-9-7-5-4-6-8-10-12-14-16-18-26(37)47-31-25(20-43-23(3)36)46-33(30(41)29(31)40)48-32-28(39)27(38)24(19-42-22(2)35)45-34(32)44-21/h4-5,9,11,15,17,21,24-25,27-34,38-41H,6-8,10,12-14,16,18-20H2,1-3H3/b5-4-,11-9+,17-15+/t21?,24-,25-,27-,28+,29-,30-,31-,32-,33+,34-/m1/s1. The van der Waals surface area contributed by atoms with E-state index >= 15 is 0 Å². The van der Waals surface area contributed by atoms with Crippen molar-refractivity contribution in [1.29, 1.82) is 0 Å². The van der Waals surface area contributed by atoms with E-state index in [1.165, 1.54) is 13.8 Å². The van der Waals surface area contributed by atoms with Crippen LogP contribution in [0.2, 0.25) is 0 Å². The minimum absolute atomic E-state index is 0.0788. The molecule has 48 heavy (non-hydrogen) atoms. The third kappa shape index (κ3) is 13.0. The molecule has 0 aliphatic carbocycles. The van der Waals surface area contributed by atoms with Gasteiger partial charge >= 0.3 is 17.9 Å². The van der Waals surface area contributed by atoms with E-state index in [1.54, 1.807) is 13.0 Å². The number of carbonyl (C=O) groups is 3. The van der Waals surface area contributed by atoms with Gasteiger partial charge in [-0.25, -0.2) is 0 Å². The molecular weight excluding hydrogens is 632 g/mol. The lowest BCUT2D eigenvalue weighted by molar-refractivity contribution is -0.369. The fourth-order valence-electron chi connectivity index (χ4n) is 5.51. The molecule has 1 unspecified atom stereocenters. The van der Waals surface area contributed by atoms with Crippen molar-refractivity contribution in [3.63, 3.8) is 0 Å². The van der Waals surface area contributed by atoms with E-state index in [4.69, 9.17) is 33.2 Å². The lowest BCUT2D eigenvalue weighted by atomic mass is 9.97. The number of carbonyl (C=O) groups excluding carboxylic acids is 3. The Morgan fingerprint density at radius 3 is 1.98 bits per heavy atom. The Kier molecular flexibility index (Phi) is 17.2. The number of fused-ring (bicyclic) bond motifs is 17. The van der Waals surface area contributed by atoms with Gasteiger partial charge in [0.15, 0.2) is 18.7 Å². The first kappa shape index (κ1) is 39.7. The highest BCUT2D eigenvalue weighted by atomic mass is 16.8. The predicted octanol–water partition coefficient (Wildman–Crippen LogP) is 1.90. The van der Waals surface area contributed by atoms with E-state index in [0.717, 1.165) is 38.5 Å². The maximum Gasteiger partial charge on any atom is 0.306 e. The molecule has 0 amide bonds. The summed E-state index contributed by atoms with van der Waals surface area (Å²) in [5.74, 6) is -1.90. The van der Waals surface area contributed by atoms with Crippen LogP contribution in [0.5, 0.6) is 0 Å². The highest BCUT2D eigenvalue weighted by molar-refractivity contribution is 5.69. The van der Waals surface area contributed by atoms with Gasteiger partial charge < -0.3 is 53.6 Å². The van der Waals surface area contributed by atoms with Gasteiger partial charge in [0, 0.05) is 20.3 Å². The number of hydrogen-bond donors (Lipinski definition) is 4. The number of ether oxygens (including phenoxy) is 7. The van der Waals surface area contributed by atoms with Crippen LogP contribution in [0.25, 0.3) is 0 Å². The zero-order valence-corrected chi connectivity index (χ0v) is 28.0. The summed E-state index contributed by atoms with van der Waals surface area (Å²) < 4.78 is 39.3. The molecule has 4 N–H and O–H groups in total. The highest BCUT2D eigenvalue weighted by Gasteiger charge is 2.52. The maximum atomic E-state index is 12.7. The third-order valence-corrected chi connectivity index (χ3v) is 8.13. The molecule has 14 nitrogen and oxygen atoms in total. The molecule has 0 aromatic carbocycles. The van der Waals surface area contributed by atoms with Gasteiger partial charge in [0.05, 0.1) is 6.10 Å². The Hall–Kier alpha value is -2.69. The molecule has 14 heteroatoms. The Labute approximate surface area is 281 Å². The van der Waals surface area contributed by atoms with E-state index < -0.39 is 92.0 Å². The van der Waals surface area contributed by atoms with Crippen molar-refractivity contribution in [1.82, 2.24) is 0 Å². The molecule has 0 saturated carbocycles. The van der Waals surface area contributed by atoms with Crippen LogP contribution in [-0.4, -0.2) is 119 Å². The second-order valence-electron chi connectivity index (χ2n) is 12.2. The van der Waals surface area contributed by atoms with Gasteiger partial charge in [0.1, 0.15) is 55.9 Å². The predicted molar refractivity (Wildman–Crippen MR) is 169 cm³/mol. The number of rotatable bonds is 4. The van der Waals surface area contributed by atoms with Crippen LogP contribution in [-0.2, 0) is 47.5 Å². The Morgan fingerprint density at radius 2 is 1.27 bits per heavy atom. The molecule has 4 rings (SSSR count). The summed E-state index contributed by atoms with van der Waals surface area (Å²) in [4.78, 5) is 35.8. The first-order chi connectivity index (χ1) is 23.0. The van der Waals surface area contributed by atoms with Gasteiger partial charge in [-0.15, -0.1) is 0 Å². The van der Waals surface area contributed by atoms with E-state index in [1.807, 2.05) is 12.2 Å². The van der Waals surface area contributed by atoms with Crippen LogP contribution < -0.4 is 0 Å². The van der Waals surface area contributed by atoms with Crippen LogP contribution >= 0.6 is 0 Å². The molecule has 0 spiro atoms. The van der Waals surface area contributed by atoms with Crippen molar-refractivity contribution in [3.05, 3.63) is 36.5 Å². The van der Waals surface area contributed by atoms with E-state index in [-0.39, 0.29) is 13.0 Å². The van der Waals surface area contributed by atoms with Crippen LogP contribution in [0.15, 0.2) is 36.5 Å². The van der Waals surface area contributed by atoms with Gasteiger partial charge in [0.2, 0.25) is 0 Å². The molecule has 4 heterocycles. The minimum atomic E-state index is -1.81. The Bertz CT molecular complexity index is 1090. The maximum absolute atomic E-state index is 12.7. The van der Waals surface area contributed by atoms with Crippen LogP contribution in [0.1, 0.15) is 78.6 Å². The molecular formula is C34H52O14. The zero-order chi connectivity index (χ0) is 35.1. The van der Waals surface area contributed by atoms with Gasteiger partial charge in [-0.05, 0) is 39.0 Å². The molecule has 2 fully saturated rings. The van der Waals surface area contributed by atoms with Crippen LogP contribution in [0.3, 0.4) is 0 Å². The number of allylic oxidation sites excluding steroid dienone is 5. The van der Waals surface area contributed by atoms with Crippen molar-refractivity contribution in [2.24, 2.45) is 0 Å². The first-order valence-electron chi connectivity index (χ1n) is 16.7. The van der Waals surface area contributed by atoms with Crippen molar-refractivity contribution in [2.75, 3.05) is 13.2 Å². The third-order valence-electron chi connectivity index (χ3n) is 8.13. The van der Waals surface area contributed by atoms with Crippen molar-refractivity contribution < 1.29 is 68.0 Å². The fourth-order valence-corrected chi connectivity index (χ4v) is 5.51. The first-order valence-corrected chi connectivity index (χ1v) is 16.7. The Balaban J connectivity index is 1.85. The molecule has 2 saturated heterocycles. The SMILES string of the molecule is CC(=O)OC[C@H]1O[C@H]2OC(C)/C=C/C/C=C/C/C=C\CCCCCCCC(=O)O[C@H]3[C@H](O)[C@@H](O)[C@H](O[C@@H]2[C@@H](O)[C@@H]1O)O[C@@H]3COC(C)=O. The quantitative estimate of drug-likeness (QED) is 0.190. The molecule has 0 radical (unpaired) electrons. The molecule has 2 bridgehead atoms. The largest absolute Gasteiger partial charge is 0.463 e. The van der Waals surface area contributed by atoms with Crippen molar-refractivity contribution in [2.45, 2.75) is 146 Å². The summed E-state index contributed by atoms with van der Waals surface area (Å²) in [6.07, 6.45) is 3.08. The molecule has 11 atom stereocenters. The summed E-state index contributed by atoms with van der Waals surface area (Å²) in [5, 5.41) is 44.1. The second-order valence-corrected chi connectivity index (χ2v) is 12.2. The average Bonchev–Trinajstić information content (AvgIpc) is 3.03. The summed E-state index contributed by atoms with van der Waals surface area (Å²) in [6, 6.07) is 0. The summed E-state index contributed by atoms with van der Waals surface area (Å²) in [5.41, 5.74) is 0. The number of esters is 3. The molecule has 272 valence electrons. The van der Waals surface area contributed by atoms with Crippen molar-refractivity contribution >= 4 is 17.9 Å². The summed E-state index contributed by atoms with van der Waals surface area (Å²) in [7, 11) is 0. The van der Waals surface area contributed by atoms with Gasteiger partial charge in [0.25, 0.3) is 0 Å². The fraction of sp³-hybridized carbons (Fsp3) is 0.735. The average molecular weight is 685 g/mol. The molecule has 0 aromatic heterocycles. The van der Waals surface area contributed by atoms with E-state index in [2.05, 4.69) is 18.2 Å². The van der Waals surface area contributed by atoms with Crippen LogP contribution in [0, 0.1) is 0 Å². The molecule has 4 aliphatic rings. The lowest BCUT2D eigenvalue weighted by Crippen LogP contribution is -2.65. The van der Waals surface area contributed by atoms with Crippen molar-refractivity contribution in [3.8, 4) is 0 Å². The minimum Gasteiger partial charge on any atom is -0.463 e. The molecule has 0 aromatic rings. The summed E-state index contributed by atoms with van der Waals surface area (Å²) in [6.45, 7) is 3.24. The normalized spacial score (nSPS) is 38.5. The number of aliphatic hydroxyl groups excluding tert-OH is 4. The smallest absolute Gasteiger partial charge is 0.306 e. The van der Waals surface area contributed by atoms with E-state index in [0.29, 0.717) is 12.8 Å². The van der Waals surface area contributed by atoms with Gasteiger partial charge in [-0.3, -0.25) is 14.4 Å². The van der Waals surface area contributed by atoms with Crippen LogP contribution in [0.4, 0.5) is 0 Å². The van der Waals surface area contributed by atoms with Gasteiger partial charge in [-0.1, -0.05) is 55.7 Å². The monoisotopic (exact) mass is 684 g/mol. The van der Waals surface area contributed by atoms with E-state index in [9.17, 15) is 34.8 Å². The number of aliphatic hydroxyl groups is 4. The highest BCUT2D eigenvalue weighted by Crippen LogP contribution is 2.32. The Morgan fingerprint density at radius 1 is 0.688 bits per heavy atom. The van der Waals surface area contributed by atoms with Gasteiger partial charge in [-0.2, -0.15) is 0 Å². The lowest BCUT2D eigenvalue weighted by Gasteiger charge is -2.46. The topological polar surface area (TPSA) is 197 Å². The number of hydrogen-bond acceptors (Lipinski definition) is 14. The molecule has 4 aliphatic heterocycles. The second kappa shape index (κ2) is 20.7. The zero-order valence-electron chi connectivity index (χ0n) is 28.0. The summed E-state index contributed by atoms with van der Waals surface area (Å²) >= 11 is 0.